The number of benzene rings is 4. The van der Waals surface area contributed by atoms with Crippen LogP contribution >= 0.6 is 0 Å². The topological polar surface area (TPSA) is 96.3 Å². The van der Waals surface area contributed by atoms with Crippen molar-refractivity contribution in [2.75, 3.05) is 6.61 Å². The standard InChI is InChI=1S/C37H35F2N5O2/c38-27-16-17-31(39)29(20-27)35-32(21-28(18-19-46-35)44-22-30-33(23-44)42-43-34(30)36(40)45)41-37(24-10-4-1-5-11-24,25-12-6-2-7-13-25)26-14-8-3-9-15-26/h1-17,20,28,32,35,41H,18-19,21-23H2,(H2,40,45)(H,42,43)/t28-,32+,35-/m1/s1. The van der Waals surface area contributed by atoms with Gasteiger partial charge in [-0.1, -0.05) is 91.0 Å². The van der Waals surface area contributed by atoms with Gasteiger partial charge >= 0.3 is 0 Å². The maximum Gasteiger partial charge on any atom is 0.269 e. The minimum atomic E-state index is -0.868. The van der Waals surface area contributed by atoms with E-state index in [1.807, 2.05) is 54.6 Å². The number of rotatable bonds is 8. The summed E-state index contributed by atoms with van der Waals surface area (Å²) in [5.74, 6) is -1.61. The molecule has 3 heterocycles. The van der Waals surface area contributed by atoms with Crippen LogP contribution in [-0.2, 0) is 23.4 Å². The van der Waals surface area contributed by atoms with Gasteiger partial charge in [-0.05, 0) is 47.7 Å². The summed E-state index contributed by atoms with van der Waals surface area (Å²) in [7, 11) is 0. The molecule has 9 heteroatoms. The molecule has 3 atom stereocenters. The van der Waals surface area contributed by atoms with E-state index in [2.05, 4.69) is 56.8 Å². The molecular formula is C37H35F2N5O2. The lowest BCUT2D eigenvalue weighted by Gasteiger charge is -2.43. The van der Waals surface area contributed by atoms with Crippen LogP contribution in [0.1, 0.15) is 62.9 Å². The van der Waals surface area contributed by atoms with E-state index in [0.717, 1.165) is 40.1 Å². The number of nitrogens with zero attached hydrogens (tertiary/aromatic N) is 2. The zero-order valence-electron chi connectivity index (χ0n) is 25.2. The van der Waals surface area contributed by atoms with Crippen LogP contribution in [0.3, 0.4) is 0 Å². The molecule has 7 nitrogen and oxygen atoms in total. The molecule has 1 amide bonds. The van der Waals surface area contributed by atoms with Crippen molar-refractivity contribution in [3.63, 3.8) is 0 Å². The Labute approximate surface area is 266 Å². The number of hydrogen-bond acceptors (Lipinski definition) is 5. The predicted octanol–water partition coefficient (Wildman–Crippen LogP) is 5.97. The van der Waals surface area contributed by atoms with Crippen molar-refractivity contribution in [2.24, 2.45) is 5.73 Å². The van der Waals surface area contributed by atoms with E-state index in [-0.39, 0.29) is 17.3 Å². The van der Waals surface area contributed by atoms with Crippen LogP contribution in [0.2, 0.25) is 0 Å². The molecule has 0 bridgehead atoms. The van der Waals surface area contributed by atoms with Crippen molar-refractivity contribution in [3.8, 4) is 0 Å². The molecule has 5 aromatic rings. The van der Waals surface area contributed by atoms with Crippen molar-refractivity contribution in [3.05, 3.63) is 160 Å². The molecule has 1 fully saturated rings. The highest BCUT2D eigenvalue weighted by atomic mass is 19.1. The number of primary amides is 1. The van der Waals surface area contributed by atoms with Gasteiger partial charge in [-0.25, -0.2) is 8.78 Å². The molecule has 2 aliphatic rings. The van der Waals surface area contributed by atoms with Crippen LogP contribution in [0.5, 0.6) is 0 Å². The Balaban J connectivity index is 1.35. The number of carbonyl (C=O) groups is 1. The molecule has 46 heavy (non-hydrogen) atoms. The largest absolute Gasteiger partial charge is 0.372 e. The second-order valence-electron chi connectivity index (χ2n) is 12.0. The molecule has 2 aliphatic heterocycles. The van der Waals surface area contributed by atoms with Crippen molar-refractivity contribution in [1.29, 1.82) is 0 Å². The first kappa shape index (κ1) is 30.0. The number of ether oxygens (including phenoxy) is 1. The van der Waals surface area contributed by atoms with Crippen LogP contribution in [0.4, 0.5) is 8.78 Å². The maximum absolute atomic E-state index is 15.6. The SMILES string of the molecule is NC(=O)c1n[nH]c2c1CN([C@@H]1CCO[C@H](c3cc(F)ccc3F)[C@@H](NC(c3ccccc3)(c3ccccc3)c3ccccc3)C1)C2. The minimum Gasteiger partial charge on any atom is -0.372 e. The summed E-state index contributed by atoms with van der Waals surface area (Å²) in [6.07, 6.45) is 0.419. The second-order valence-corrected chi connectivity index (χ2v) is 12.0. The van der Waals surface area contributed by atoms with Gasteiger partial charge in [-0.3, -0.25) is 20.1 Å². The summed E-state index contributed by atoms with van der Waals surface area (Å²) < 4.78 is 36.8. The van der Waals surface area contributed by atoms with Gasteiger partial charge < -0.3 is 10.5 Å². The summed E-state index contributed by atoms with van der Waals surface area (Å²) in [6.45, 7) is 1.40. The number of halogens is 2. The first-order chi connectivity index (χ1) is 22.4. The number of aromatic nitrogens is 2. The third-order valence-electron chi connectivity index (χ3n) is 9.35. The highest BCUT2D eigenvalue weighted by Gasteiger charge is 2.44. The quantitative estimate of drug-likeness (QED) is 0.186. The number of H-pyrrole nitrogens is 1. The van der Waals surface area contributed by atoms with Gasteiger partial charge in [0.15, 0.2) is 5.69 Å². The second kappa shape index (κ2) is 12.6. The normalized spacial score (nSPS) is 20.3. The lowest BCUT2D eigenvalue weighted by Crippen LogP contribution is -2.53. The van der Waals surface area contributed by atoms with Crippen LogP contribution < -0.4 is 11.1 Å². The van der Waals surface area contributed by atoms with Gasteiger partial charge in [0.05, 0.1) is 11.2 Å². The van der Waals surface area contributed by atoms with Crippen molar-refractivity contribution in [2.45, 2.75) is 49.7 Å². The highest BCUT2D eigenvalue weighted by molar-refractivity contribution is 5.92. The van der Waals surface area contributed by atoms with Crippen molar-refractivity contribution in [1.82, 2.24) is 20.4 Å². The van der Waals surface area contributed by atoms with Gasteiger partial charge in [0, 0.05) is 42.9 Å². The number of nitrogens with two attached hydrogens (primary N) is 1. The molecule has 7 rings (SSSR count). The maximum atomic E-state index is 15.6. The molecular weight excluding hydrogens is 584 g/mol. The van der Waals surface area contributed by atoms with Gasteiger partial charge in [-0.15, -0.1) is 0 Å². The van der Waals surface area contributed by atoms with Gasteiger partial charge in [0.2, 0.25) is 0 Å². The van der Waals surface area contributed by atoms with Crippen LogP contribution in [0.25, 0.3) is 0 Å². The van der Waals surface area contributed by atoms with E-state index >= 15 is 4.39 Å². The van der Waals surface area contributed by atoms with Crippen LogP contribution in [0.15, 0.2) is 109 Å². The average Bonchev–Trinajstić information content (AvgIpc) is 3.62. The third-order valence-corrected chi connectivity index (χ3v) is 9.35. The molecule has 1 aromatic heterocycles. The highest BCUT2D eigenvalue weighted by Crippen LogP contribution is 2.42. The number of aromatic amines is 1. The molecule has 0 aliphatic carbocycles. The van der Waals surface area contributed by atoms with E-state index in [1.54, 1.807) is 0 Å². The molecule has 4 N–H and O–H groups in total. The van der Waals surface area contributed by atoms with E-state index < -0.39 is 35.2 Å². The van der Waals surface area contributed by atoms with Crippen LogP contribution in [-0.4, -0.2) is 39.7 Å². The Hall–Kier alpha value is -4.70. The summed E-state index contributed by atoms with van der Waals surface area (Å²) in [6, 6.07) is 33.6. The van der Waals surface area contributed by atoms with E-state index in [1.165, 1.54) is 6.07 Å². The number of amides is 1. The monoisotopic (exact) mass is 619 g/mol. The molecule has 0 radical (unpaired) electrons. The number of nitrogens with one attached hydrogen (secondary N) is 2. The fraction of sp³-hybridized carbons (Fsp3) is 0.243. The van der Waals surface area contributed by atoms with Crippen molar-refractivity contribution >= 4 is 5.91 Å². The molecule has 234 valence electrons. The van der Waals surface area contributed by atoms with E-state index in [0.29, 0.717) is 32.5 Å². The number of hydrogen-bond donors (Lipinski definition) is 3. The predicted molar refractivity (Wildman–Crippen MR) is 171 cm³/mol. The fourth-order valence-corrected chi connectivity index (χ4v) is 7.21. The summed E-state index contributed by atoms with van der Waals surface area (Å²) in [5.41, 5.74) is 9.85. The Kier molecular flexibility index (Phi) is 8.21. The lowest BCUT2D eigenvalue weighted by molar-refractivity contribution is 0.0295. The lowest BCUT2D eigenvalue weighted by atomic mass is 9.75. The number of fused-ring (bicyclic) bond motifs is 1. The average molecular weight is 620 g/mol. The van der Waals surface area contributed by atoms with Crippen LogP contribution in [0, 0.1) is 11.6 Å². The molecule has 0 saturated carbocycles. The molecule has 0 unspecified atom stereocenters. The van der Waals surface area contributed by atoms with Gasteiger partial charge in [0.25, 0.3) is 5.91 Å². The zero-order valence-corrected chi connectivity index (χ0v) is 25.2. The van der Waals surface area contributed by atoms with E-state index in [4.69, 9.17) is 10.5 Å². The Morgan fingerprint density at radius 1 is 0.891 bits per heavy atom. The number of carbonyl (C=O) groups excluding carboxylic acids is 1. The summed E-state index contributed by atoms with van der Waals surface area (Å²) in [4.78, 5) is 14.3. The van der Waals surface area contributed by atoms with E-state index in [9.17, 15) is 9.18 Å². The Morgan fingerprint density at radius 3 is 2.09 bits per heavy atom. The smallest absolute Gasteiger partial charge is 0.269 e. The Morgan fingerprint density at radius 2 is 1.50 bits per heavy atom. The van der Waals surface area contributed by atoms with Gasteiger partial charge in [-0.2, -0.15) is 5.10 Å². The summed E-state index contributed by atoms with van der Waals surface area (Å²) in [5, 5.41) is 11.1. The minimum absolute atomic E-state index is 0.0133. The summed E-state index contributed by atoms with van der Waals surface area (Å²) >= 11 is 0. The van der Waals surface area contributed by atoms with Gasteiger partial charge in [0.1, 0.15) is 17.7 Å². The first-order valence-electron chi connectivity index (χ1n) is 15.5. The first-order valence-corrected chi connectivity index (χ1v) is 15.5. The zero-order chi connectivity index (χ0) is 31.7. The Bertz CT molecular complexity index is 1720. The van der Waals surface area contributed by atoms with Crippen molar-refractivity contribution < 1.29 is 18.3 Å². The molecule has 1 saturated heterocycles. The molecule has 4 aromatic carbocycles. The fourth-order valence-electron chi connectivity index (χ4n) is 7.21. The molecule has 0 spiro atoms. The third kappa shape index (κ3) is 5.51.